The monoisotopic (exact) mass is 302 g/mol. The highest BCUT2D eigenvalue weighted by Gasteiger charge is 2.23. The summed E-state index contributed by atoms with van der Waals surface area (Å²) >= 11 is 0. The summed E-state index contributed by atoms with van der Waals surface area (Å²) < 4.78 is 2.67. The topological polar surface area (TPSA) is 73.3 Å². The lowest BCUT2D eigenvalue weighted by Crippen LogP contribution is -2.46. The second-order valence-corrected chi connectivity index (χ2v) is 5.54. The fourth-order valence-electron chi connectivity index (χ4n) is 2.55. The molecule has 0 bridgehead atoms. The van der Waals surface area contributed by atoms with Crippen LogP contribution in [0, 0.1) is 5.92 Å². The van der Waals surface area contributed by atoms with E-state index in [-0.39, 0.29) is 29.7 Å². The molecule has 0 aromatic carbocycles. The van der Waals surface area contributed by atoms with E-state index in [1.54, 1.807) is 17.7 Å². The molecule has 0 amide bonds. The predicted molar refractivity (Wildman–Crippen MR) is 81.2 cm³/mol. The number of hydrogen-bond acceptors (Lipinski definition) is 4. The molecule has 7 heteroatoms. The predicted octanol–water partition coefficient (Wildman–Crippen LogP) is -0.325. The first-order chi connectivity index (χ1) is 8.90. The summed E-state index contributed by atoms with van der Waals surface area (Å²) in [7, 11) is 3.20. The Bertz CT molecular complexity index is 581. The SMILES string of the molecule is CC1CN(Cc2cc(=O)n(C)c(=O)n2C)CCC1N.Cl. The molecular formula is C13H23ClN4O2. The third kappa shape index (κ3) is 3.31. The Hall–Kier alpha value is -1.11. The van der Waals surface area contributed by atoms with Crippen LogP contribution in [0.15, 0.2) is 15.7 Å². The summed E-state index contributed by atoms with van der Waals surface area (Å²) in [6, 6.07) is 1.80. The van der Waals surface area contributed by atoms with Crippen molar-refractivity contribution in [3.05, 3.63) is 32.6 Å². The number of aromatic nitrogens is 2. The minimum absolute atomic E-state index is 0. The van der Waals surface area contributed by atoms with Gasteiger partial charge in [-0.25, -0.2) is 4.79 Å². The molecule has 1 saturated heterocycles. The molecule has 2 rings (SSSR count). The molecule has 1 aromatic heterocycles. The van der Waals surface area contributed by atoms with E-state index in [0.29, 0.717) is 12.5 Å². The fraction of sp³-hybridized carbons (Fsp3) is 0.692. The van der Waals surface area contributed by atoms with Gasteiger partial charge in [-0.15, -0.1) is 12.4 Å². The van der Waals surface area contributed by atoms with Crippen molar-refractivity contribution in [3.63, 3.8) is 0 Å². The van der Waals surface area contributed by atoms with Gasteiger partial charge in [-0.3, -0.25) is 18.8 Å². The Labute approximate surface area is 124 Å². The Morgan fingerprint density at radius 3 is 2.55 bits per heavy atom. The Morgan fingerprint density at radius 2 is 1.95 bits per heavy atom. The molecule has 0 saturated carbocycles. The first-order valence-corrected chi connectivity index (χ1v) is 6.64. The molecule has 1 aliphatic rings. The van der Waals surface area contributed by atoms with Crippen LogP contribution in [-0.2, 0) is 20.6 Å². The summed E-state index contributed by atoms with van der Waals surface area (Å²) in [5.74, 6) is 0.442. The largest absolute Gasteiger partial charge is 0.330 e. The van der Waals surface area contributed by atoms with Crippen molar-refractivity contribution < 1.29 is 0 Å². The van der Waals surface area contributed by atoms with Gasteiger partial charge in [0.05, 0.1) is 0 Å². The van der Waals surface area contributed by atoms with Gasteiger partial charge in [-0.1, -0.05) is 6.92 Å². The van der Waals surface area contributed by atoms with Crippen LogP contribution in [0.1, 0.15) is 19.0 Å². The van der Waals surface area contributed by atoms with Gasteiger partial charge in [0.1, 0.15) is 0 Å². The molecule has 2 unspecified atom stereocenters. The summed E-state index contributed by atoms with van der Waals surface area (Å²) in [4.78, 5) is 25.8. The van der Waals surface area contributed by atoms with Crippen molar-refractivity contribution in [3.8, 4) is 0 Å². The summed E-state index contributed by atoms with van der Waals surface area (Å²) in [6.45, 7) is 4.58. The number of piperidine rings is 1. The molecule has 114 valence electrons. The van der Waals surface area contributed by atoms with Gasteiger partial charge in [0, 0.05) is 51.5 Å². The highest BCUT2D eigenvalue weighted by molar-refractivity contribution is 5.85. The highest BCUT2D eigenvalue weighted by Crippen LogP contribution is 2.16. The van der Waals surface area contributed by atoms with Gasteiger partial charge in [0.2, 0.25) is 0 Å². The van der Waals surface area contributed by atoms with E-state index >= 15 is 0 Å². The molecule has 1 aromatic rings. The second-order valence-electron chi connectivity index (χ2n) is 5.54. The number of nitrogens with two attached hydrogens (primary N) is 1. The molecule has 0 spiro atoms. The van der Waals surface area contributed by atoms with E-state index in [2.05, 4.69) is 11.8 Å². The van der Waals surface area contributed by atoms with E-state index in [4.69, 9.17) is 5.73 Å². The van der Waals surface area contributed by atoms with E-state index in [1.807, 2.05) is 0 Å². The smallest absolute Gasteiger partial charge is 0.327 e. The number of rotatable bonds is 2. The normalized spacial score (nSPS) is 23.4. The zero-order chi connectivity index (χ0) is 14.2. The lowest BCUT2D eigenvalue weighted by Gasteiger charge is -2.35. The molecule has 6 nitrogen and oxygen atoms in total. The number of halogens is 1. The van der Waals surface area contributed by atoms with Crippen molar-refractivity contribution in [2.24, 2.45) is 25.7 Å². The molecule has 2 heterocycles. The van der Waals surface area contributed by atoms with Crippen molar-refractivity contribution in [2.45, 2.75) is 25.9 Å². The van der Waals surface area contributed by atoms with Crippen LogP contribution in [0.3, 0.4) is 0 Å². The molecule has 0 radical (unpaired) electrons. The van der Waals surface area contributed by atoms with Crippen molar-refractivity contribution in [2.75, 3.05) is 13.1 Å². The van der Waals surface area contributed by atoms with Gasteiger partial charge in [0.25, 0.3) is 5.56 Å². The van der Waals surface area contributed by atoms with E-state index < -0.39 is 0 Å². The standard InChI is InChI=1S/C13H22N4O2.ClH/c1-9-7-17(5-4-11(9)14)8-10-6-12(18)16(3)13(19)15(10)2;/h6,9,11H,4-5,7-8,14H2,1-3H3;1H. The Morgan fingerprint density at radius 1 is 1.30 bits per heavy atom. The lowest BCUT2D eigenvalue weighted by atomic mass is 9.95. The van der Waals surface area contributed by atoms with Crippen molar-refractivity contribution >= 4 is 12.4 Å². The molecule has 1 fully saturated rings. The summed E-state index contributed by atoms with van der Waals surface area (Å²) in [5.41, 5.74) is 6.23. The molecule has 2 atom stereocenters. The van der Waals surface area contributed by atoms with Crippen molar-refractivity contribution in [1.82, 2.24) is 14.0 Å². The van der Waals surface area contributed by atoms with Crippen LogP contribution in [0.4, 0.5) is 0 Å². The summed E-state index contributed by atoms with van der Waals surface area (Å²) in [5, 5.41) is 0. The van der Waals surface area contributed by atoms with Crippen LogP contribution in [0.25, 0.3) is 0 Å². The quantitative estimate of drug-likeness (QED) is 0.812. The maximum atomic E-state index is 11.9. The minimum Gasteiger partial charge on any atom is -0.327 e. The van der Waals surface area contributed by atoms with E-state index in [0.717, 1.165) is 29.8 Å². The van der Waals surface area contributed by atoms with Gasteiger partial charge < -0.3 is 5.73 Å². The zero-order valence-corrected chi connectivity index (χ0v) is 13.0. The van der Waals surface area contributed by atoms with Crippen molar-refractivity contribution in [1.29, 1.82) is 0 Å². The van der Waals surface area contributed by atoms with E-state index in [9.17, 15) is 9.59 Å². The van der Waals surface area contributed by atoms with Crippen LogP contribution in [0.5, 0.6) is 0 Å². The third-order valence-corrected chi connectivity index (χ3v) is 4.07. The fourth-order valence-corrected chi connectivity index (χ4v) is 2.55. The van der Waals surface area contributed by atoms with Crippen LogP contribution in [0.2, 0.25) is 0 Å². The Kier molecular flexibility index (Phi) is 5.56. The average molecular weight is 303 g/mol. The maximum absolute atomic E-state index is 11.9. The minimum atomic E-state index is -0.274. The average Bonchev–Trinajstić information content (AvgIpc) is 2.38. The van der Waals surface area contributed by atoms with Gasteiger partial charge >= 0.3 is 5.69 Å². The summed E-state index contributed by atoms with van der Waals surface area (Å²) in [6.07, 6.45) is 0.958. The Balaban J connectivity index is 0.00000200. The number of nitrogens with zero attached hydrogens (tertiary/aromatic N) is 3. The van der Waals surface area contributed by atoms with Crippen LogP contribution < -0.4 is 17.0 Å². The number of hydrogen-bond donors (Lipinski definition) is 1. The van der Waals surface area contributed by atoms with Gasteiger partial charge in [-0.05, 0) is 12.3 Å². The lowest BCUT2D eigenvalue weighted by molar-refractivity contribution is 0.154. The zero-order valence-electron chi connectivity index (χ0n) is 12.2. The second kappa shape index (κ2) is 6.56. The highest BCUT2D eigenvalue weighted by atomic mass is 35.5. The first kappa shape index (κ1) is 16.9. The van der Waals surface area contributed by atoms with E-state index in [1.165, 1.54) is 7.05 Å². The van der Waals surface area contributed by atoms with Crippen LogP contribution in [-0.4, -0.2) is 33.2 Å². The maximum Gasteiger partial charge on any atom is 0.330 e. The van der Waals surface area contributed by atoms with Gasteiger partial charge in [-0.2, -0.15) is 0 Å². The van der Waals surface area contributed by atoms with Gasteiger partial charge in [0.15, 0.2) is 0 Å². The molecule has 2 N–H and O–H groups in total. The number of likely N-dealkylation sites (tertiary alicyclic amines) is 1. The molecule has 1 aliphatic heterocycles. The third-order valence-electron chi connectivity index (χ3n) is 4.07. The van der Waals surface area contributed by atoms with Crippen LogP contribution >= 0.6 is 12.4 Å². The molecule has 0 aliphatic carbocycles. The first-order valence-electron chi connectivity index (χ1n) is 6.64. The molecule has 20 heavy (non-hydrogen) atoms. The molecular weight excluding hydrogens is 280 g/mol.